The molecular weight excluding hydrogens is 457 g/mol. The molecule has 4 aromatic rings. The maximum Gasteiger partial charge on any atom is 0.335 e. The third kappa shape index (κ3) is 5.59. The molecule has 11 heteroatoms. The normalized spacial score (nSPS) is 12.5. The molecule has 0 aliphatic rings. The molecule has 10 nitrogen and oxygen atoms in total. The lowest BCUT2D eigenvalue weighted by molar-refractivity contribution is 0.0585. The molecule has 0 spiro atoms. The van der Waals surface area contributed by atoms with Crippen molar-refractivity contribution in [2.75, 3.05) is 13.2 Å². The summed E-state index contributed by atoms with van der Waals surface area (Å²) in [5.41, 5.74) is 2.87. The van der Waals surface area contributed by atoms with Crippen LogP contribution >= 0.6 is 7.60 Å². The summed E-state index contributed by atoms with van der Waals surface area (Å²) in [5, 5.41) is 22.5. The molecular formula is C23H28N5O5P. The molecule has 0 amide bonds. The van der Waals surface area contributed by atoms with Crippen molar-refractivity contribution < 1.29 is 23.2 Å². The molecule has 0 radical (unpaired) electrons. The number of benzene rings is 2. The fourth-order valence-corrected chi connectivity index (χ4v) is 5.25. The molecule has 34 heavy (non-hydrogen) atoms. The van der Waals surface area contributed by atoms with Crippen LogP contribution in [0.1, 0.15) is 33.3 Å². The molecule has 2 aromatic carbocycles. The Morgan fingerprint density at radius 1 is 1.06 bits per heavy atom. The van der Waals surface area contributed by atoms with Crippen molar-refractivity contribution in [2.24, 2.45) is 0 Å². The van der Waals surface area contributed by atoms with Gasteiger partial charge in [-0.25, -0.2) is 4.68 Å². The van der Waals surface area contributed by atoms with Crippen LogP contribution in [0.15, 0.2) is 47.0 Å². The van der Waals surface area contributed by atoms with Crippen molar-refractivity contribution in [3.05, 3.63) is 48.0 Å². The number of aromatic nitrogens is 5. The maximum atomic E-state index is 12.8. The molecule has 4 rings (SSSR count). The van der Waals surface area contributed by atoms with E-state index in [0.29, 0.717) is 42.6 Å². The molecule has 0 atom stereocenters. The summed E-state index contributed by atoms with van der Waals surface area (Å²) in [5.74, 6) is 0.792. The standard InChI is InChI=1S/C23H28N5O5P/c1-5-31-34(30,32-6-2)14-16-7-9-17(10-8-16)21-24-22(33-26-21)18-11-12-20-19(13-18)25-27-28(20)15-23(3,4)29/h7-13,29H,5-6,14-15H2,1-4H3. The Morgan fingerprint density at radius 2 is 1.74 bits per heavy atom. The third-order valence-electron chi connectivity index (χ3n) is 4.96. The van der Waals surface area contributed by atoms with Gasteiger partial charge < -0.3 is 18.7 Å². The highest BCUT2D eigenvalue weighted by Gasteiger charge is 2.24. The molecule has 0 unspecified atom stereocenters. The summed E-state index contributed by atoms with van der Waals surface area (Å²) in [6.07, 6.45) is 0.195. The minimum atomic E-state index is -3.17. The summed E-state index contributed by atoms with van der Waals surface area (Å²) >= 11 is 0. The van der Waals surface area contributed by atoms with E-state index in [2.05, 4.69) is 20.5 Å². The van der Waals surface area contributed by atoms with Gasteiger partial charge in [0.1, 0.15) is 5.52 Å². The summed E-state index contributed by atoms with van der Waals surface area (Å²) in [6, 6.07) is 12.9. The van der Waals surface area contributed by atoms with Gasteiger partial charge in [0.25, 0.3) is 5.89 Å². The van der Waals surface area contributed by atoms with Gasteiger partial charge in [0.2, 0.25) is 5.82 Å². The molecule has 0 bridgehead atoms. The van der Waals surface area contributed by atoms with Crippen LogP contribution in [0.3, 0.4) is 0 Å². The van der Waals surface area contributed by atoms with Crippen molar-refractivity contribution in [1.82, 2.24) is 25.1 Å². The zero-order valence-electron chi connectivity index (χ0n) is 19.6. The van der Waals surface area contributed by atoms with E-state index in [0.717, 1.165) is 16.6 Å². The van der Waals surface area contributed by atoms with Crippen LogP contribution in [0.4, 0.5) is 0 Å². The zero-order valence-corrected chi connectivity index (χ0v) is 20.5. The van der Waals surface area contributed by atoms with Gasteiger partial charge >= 0.3 is 7.60 Å². The lowest BCUT2D eigenvalue weighted by atomic mass is 10.1. The van der Waals surface area contributed by atoms with Crippen molar-refractivity contribution in [3.63, 3.8) is 0 Å². The molecule has 1 N–H and O–H groups in total. The Bertz CT molecular complexity index is 1300. The quantitative estimate of drug-likeness (QED) is 0.319. The van der Waals surface area contributed by atoms with E-state index >= 15 is 0 Å². The second-order valence-corrected chi connectivity index (χ2v) is 10.5. The maximum absolute atomic E-state index is 12.8. The lowest BCUT2D eigenvalue weighted by Gasteiger charge is -2.16. The lowest BCUT2D eigenvalue weighted by Crippen LogP contribution is -2.26. The molecule has 0 saturated heterocycles. The average Bonchev–Trinajstić information content (AvgIpc) is 3.41. The summed E-state index contributed by atoms with van der Waals surface area (Å²) in [7, 11) is -3.17. The second-order valence-electron chi connectivity index (χ2n) is 8.49. The Hall–Kier alpha value is -2.91. The molecule has 0 saturated carbocycles. The predicted octanol–water partition coefficient (Wildman–Crippen LogP) is 4.69. The molecule has 0 fully saturated rings. The monoisotopic (exact) mass is 485 g/mol. The summed E-state index contributed by atoms with van der Waals surface area (Å²) in [6.45, 7) is 7.99. The smallest absolute Gasteiger partial charge is 0.335 e. The number of aliphatic hydroxyl groups is 1. The first-order valence-electron chi connectivity index (χ1n) is 11.1. The Labute approximate surface area is 197 Å². The topological polar surface area (TPSA) is 125 Å². The molecule has 0 aliphatic carbocycles. The highest BCUT2D eigenvalue weighted by Crippen LogP contribution is 2.51. The van der Waals surface area contributed by atoms with E-state index in [1.54, 1.807) is 32.4 Å². The first-order valence-corrected chi connectivity index (χ1v) is 12.8. The van der Waals surface area contributed by atoms with E-state index in [1.807, 2.05) is 42.5 Å². The van der Waals surface area contributed by atoms with Gasteiger partial charge in [0, 0.05) is 11.1 Å². The molecule has 180 valence electrons. The highest BCUT2D eigenvalue weighted by atomic mass is 31.2. The fourth-order valence-electron chi connectivity index (χ4n) is 3.55. The van der Waals surface area contributed by atoms with Crippen LogP contribution < -0.4 is 0 Å². The van der Waals surface area contributed by atoms with Crippen molar-refractivity contribution in [3.8, 4) is 22.8 Å². The zero-order chi connectivity index (χ0) is 24.3. The average molecular weight is 485 g/mol. The van der Waals surface area contributed by atoms with Crippen LogP contribution in [0.2, 0.25) is 0 Å². The third-order valence-corrected chi connectivity index (χ3v) is 7.02. The molecule has 0 aliphatic heterocycles. The Morgan fingerprint density at radius 3 is 2.38 bits per heavy atom. The largest absolute Gasteiger partial charge is 0.389 e. The number of hydrogen-bond donors (Lipinski definition) is 1. The first-order chi connectivity index (χ1) is 16.2. The number of nitrogens with zero attached hydrogens (tertiary/aromatic N) is 5. The van der Waals surface area contributed by atoms with Gasteiger partial charge in [0.15, 0.2) is 0 Å². The van der Waals surface area contributed by atoms with E-state index < -0.39 is 13.2 Å². The number of fused-ring (bicyclic) bond motifs is 1. The molecule has 2 aromatic heterocycles. The highest BCUT2D eigenvalue weighted by molar-refractivity contribution is 7.53. The van der Waals surface area contributed by atoms with Crippen LogP contribution in [-0.2, 0) is 26.3 Å². The van der Waals surface area contributed by atoms with Crippen LogP contribution in [0, 0.1) is 0 Å². The SMILES string of the molecule is CCOP(=O)(Cc1ccc(-c2noc(-c3ccc4c(c3)nnn4CC(C)(C)O)n2)cc1)OCC. The summed E-state index contributed by atoms with van der Waals surface area (Å²) in [4.78, 5) is 4.51. The minimum Gasteiger partial charge on any atom is -0.389 e. The Balaban J connectivity index is 1.52. The first kappa shape index (κ1) is 24.2. The van der Waals surface area contributed by atoms with Crippen molar-refractivity contribution >= 4 is 18.6 Å². The van der Waals surface area contributed by atoms with E-state index in [1.165, 1.54) is 0 Å². The van der Waals surface area contributed by atoms with Crippen LogP contribution in [0.25, 0.3) is 33.9 Å². The second kappa shape index (κ2) is 9.76. The van der Waals surface area contributed by atoms with E-state index in [-0.39, 0.29) is 6.16 Å². The van der Waals surface area contributed by atoms with Crippen molar-refractivity contribution in [2.45, 2.75) is 46.0 Å². The number of hydrogen-bond acceptors (Lipinski definition) is 9. The summed E-state index contributed by atoms with van der Waals surface area (Å²) < 4.78 is 30.6. The van der Waals surface area contributed by atoms with Crippen molar-refractivity contribution in [1.29, 1.82) is 0 Å². The van der Waals surface area contributed by atoms with E-state index in [9.17, 15) is 9.67 Å². The van der Waals surface area contributed by atoms with Gasteiger partial charge in [-0.1, -0.05) is 34.6 Å². The Kier molecular flexibility index (Phi) is 6.95. The minimum absolute atomic E-state index is 0.195. The predicted molar refractivity (Wildman–Crippen MR) is 127 cm³/mol. The van der Waals surface area contributed by atoms with E-state index in [4.69, 9.17) is 13.6 Å². The number of rotatable bonds is 10. The van der Waals surface area contributed by atoms with Crippen LogP contribution in [0.5, 0.6) is 0 Å². The van der Waals surface area contributed by atoms with Crippen LogP contribution in [-0.4, -0.2) is 49.1 Å². The molecule has 2 heterocycles. The van der Waals surface area contributed by atoms with Gasteiger partial charge in [-0.05, 0) is 51.5 Å². The van der Waals surface area contributed by atoms with Gasteiger partial charge in [-0.2, -0.15) is 4.98 Å². The van der Waals surface area contributed by atoms with Gasteiger partial charge in [-0.3, -0.25) is 4.57 Å². The fraction of sp³-hybridized carbons (Fsp3) is 0.391. The van der Waals surface area contributed by atoms with Gasteiger partial charge in [0.05, 0.1) is 37.0 Å². The van der Waals surface area contributed by atoms with Gasteiger partial charge in [-0.15, -0.1) is 5.10 Å².